The fraction of sp³-hybridized carbons (Fsp3) is 0.949. The van der Waals surface area contributed by atoms with Crippen molar-refractivity contribution in [3.8, 4) is 0 Å². The van der Waals surface area contributed by atoms with Crippen LogP contribution in [0, 0.1) is 11.8 Å². The van der Waals surface area contributed by atoms with Crippen LogP contribution in [0.2, 0.25) is 0 Å². The van der Waals surface area contributed by atoms with Crippen LogP contribution >= 0.6 is 15.6 Å². The van der Waals surface area contributed by atoms with Gasteiger partial charge in [0.2, 0.25) is 0 Å². The predicted molar refractivity (Wildman–Crippen MR) is 400 cm³/mol. The number of carbonyl (C=O) groups excluding carboxylic acids is 4. The molecule has 17 nitrogen and oxygen atoms in total. The van der Waals surface area contributed by atoms with E-state index in [1.807, 2.05) is 0 Å². The molecule has 98 heavy (non-hydrogen) atoms. The minimum Gasteiger partial charge on any atom is -0.462 e. The lowest BCUT2D eigenvalue weighted by atomic mass is 9.99. The van der Waals surface area contributed by atoms with E-state index in [4.69, 9.17) is 37.0 Å². The Kier molecular flexibility index (Phi) is 69.3. The van der Waals surface area contributed by atoms with Crippen LogP contribution in [-0.4, -0.2) is 96.7 Å². The Balaban J connectivity index is 5.16. The van der Waals surface area contributed by atoms with Crippen molar-refractivity contribution in [1.29, 1.82) is 0 Å². The first-order valence-corrected chi connectivity index (χ1v) is 44.0. The summed E-state index contributed by atoms with van der Waals surface area (Å²) in [6.07, 6.45) is 59.8. The molecule has 3 unspecified atom stereocenters. The molecule has 3 N–H and O–H groups in total. The second-order valence-electron chi connectivity index (χ2n) is 29.2. The Morgan fingerprint density at radius 2 is 0.520 bits per heavy atom. The number of hydrogen-bond acceptors (Lipinski definition) is 15. The van der Waals surface area contributed by atoms with Crippen LogP contribution in [0.3, 0.4) is 0 Å². The first-order valence-electron chi connectivity index (χ1n) is 41.0. The highest BCUT2D eigenvalue weighted by atomic mass is 31.2. The Morgan fingerprint density at radius 1 is 0.296 bits per heavy atom. The van der Waals surface area contributed by atoms with Gasteiger partial charge in [-0.2, -0.15) is 0 Å². The number of aliphatic hydroxyl groups is 1. The van der Waals surface area contributed by atoms with E-state index in [2.05, 4.69) is 41.5 Å². The number of ether oxygens (including phenoxy) is 4. The van der Waals surface area contributed by atoms with Crippen molar-refractivity contribution in [2.24, 2.45) is 11.8 Å². The lowest BCUT2D eigenvalue weighted by Gasteiger charge is -2.21. The van der Waals surface area contributed by atoms with Crippen molar-refractivity contribution < 1.29 is 80.2 Å². The molecule has 0 saturated carbocycles. The molecule has 0 rings (SSSR count). The highest BCUT2D eigenvalue weighted by Crippen LogP contribution is 2.45. The van der Waals surface area contributed by atoms with E-state index >= 15 is 0 Å². The van der Waals surface area contributed by atoms with E-state index in [1.54, 1.807) is 0 Å². The topological polar surface area (TPSA) is 237 Å². The number of carbonyl (C=O) groups is 4. The first-order chi connectivity index (χ1) is 47.4. The molecular formula is C79H154O17P2. The van der Waals surface area contributed by atoms with E-state index < -0.39 is 97.5 Å². The number of phosphoric ester groups is 2. The minimum atomic E-state index is -4.96. The zero-order valence-electron chi connectivity index (χ0n) is 64.1. The van der Waals surface area contributed by atoms with E-state index in [-0.39, 0.29) is 25.7 Å². The van der Waals surface area contributed by atoms with Gasteiger partial charge in [0.15, 0.2) is 12.2 Å². The van der Waals surface area contributed by atoms with Crippen LogP contribution in [-0.2, 0) is 65.4 Å². The third kappa shape index (κ3) is 71.1. The number of phosphoric acid groups is 2. The van der Waals surface area contributed by atoms with E-state index in [9.17, 15) is 43.2 Å². The van der Waals surface area contributed by atoms with Crippen molar-refractivity contribution in [3.63, 3.8) is 0 Å². The second-order valence-corrected chi connectivity index (χ2v) is 32.1. The largest absolute Gasteiger partial charge is 0.472 e. The van der Waals surface area contributed by atoms with Gasteiger partial charge >= 0.3 is 39.5 Å². The fourth-order valence-electron chi connectivity index (χ4n) is 12.2. The van der Waals surface area contributed by atoms with Crippen molar-refractivity contribution >= 4 is 39.5 Å². The summed E-state index contributed by atoms with van der Waals surface area (Å²) in [6.45, 7) is 9.63. The maximum absolute atomic E-state index is 13.1. The highest BCUT2D eigenvalue weighted by molar-refractivity contribution is 7.47. The lowest BCUT2D eigenvalue weighted by Crippen LogP contribution is -2.30. The van der Waals surface area contributed by atoms with E-state index in [1.165, 1.54) is 218 Å². The van der Waals surface area contributed by atoms with Gasteiger partial charge in [-0.05, 0) is 37.5 Å². The maximum Gasteiger partial charge on any atom is 0.472 e. The summed E-state index contributed by atoms with van der Waals surface area (Å²) in [5.41, 5.74) is 0. The average molecular weight is 1440 g/mol. The molecule has 6 atom stereocenters. The molecule has 0 heterocycles. The van der Waals surface area contributed by atoms with E-state index in [0.29, 0.717) is 25.7 Å². The summed E-state index contributed by atoms with van der Waals surface area (Å²) in [5.74, 6) is -0.493. The van der Waals surface area contributed by atoms with Crippen molar-refractivity contribution in [2.75, 3.05) is 39.6 Å². The number of rotatable bonds is 78. The third-order valence-electron chi connectivity index (χ3n) is 18.8. The molecule has 0 radical (unpaired) electrons. The molecule has 0 aliphatic heterocycles. The Labute approximate surface area is 600 Å². The molecule has 0 spiro atoms. The zero-order chi connectivity index (χ0) is 72.1. The normalized spacial score (nSPS) is 14.2. The van der Waals surface area contributed by atoms with Crippen LogP contribution in [0.4, 0.5) is 0 Å². The number of hydrogen-bond donors (Lipinski definition) is 3. The fourth-order valence-corrected chi connectivity index (χ4v) is 13.7. The van der Waals surface area contributed by atoms with Gasteiger partial charge in [-0.1, -0.05) is 363 Å². The van der Waals surface area contributed by atoms with Gasteiger partial charge in [0, 0.05) is 25.7 Å². The predicted octanol–water partition coefficient (Wildman–Crippen LogP) is 23.5. The maximum atomic E-state index is 13.1. The van der Waals surface area contributed by atoms with Gasteiger partial charge in [-0.3, -0.25) is 37.3 Å². The molecule has 0 aromatic heterocycles. The smallest absolute Gasteiger partial charge is 0.462 e. The second kappa shape index (κ2) is 70.7. The van der Waals surface area contributed by atoms with Gasteiger partial charge in [0.25, 0.3) is 0 Å². The summed E-state index contributed by atoms with van der Waals surface area (Å²) in [6, 6.07) is 0. The van der Waals surface area contributed by atoms with Gasteiger partial charge in [-0.25, -0.2) is 9.13 Å². The SMILES string of the molecule is CCCCCCCCCCCCCCCCCCC(=O)OC[C@H](COP(=O)(O)OC[C@@H](O)COP(=O)(O)OC[C@@H](COC(=O)CCCCCCCCC)OC(=O)CCCCCCCCCCCCC(C)C)OC(=O)CCCCCCCCCCCCCCCCCCCCC(C)CC. The molecule has 19 heteroatoms. The van der Waals surface area contributed by atoms with Crippen LogP contribution in [0.25, 0.3) is 0 Å². The number of esters is 4. The summed E-state index contributed by atoms with van der Waals surface area (Å²) in [5, 5.41) is 10.6. The van der Waals surface area contributed by atoms with Crippen LogP contribution in [0.1, 0.15) is 414 Å². The molecule has 0 bridgehead atoms. The Bertz CT molecular complexity index is 1890. The van der Waals surface area contributed by atoms with Crippen LogP contribution in [0.5, 0.6) is 0 Å². The summed E-state index contributed by atoms with van der Waals surface area (Å²) < 4.78 is 68.5. The third-order valence-corrected chi connectivity index (χ3v) is 20.7. The zero-order valence-corrected chi connectivity index (χ0v) is 65.9. The summed E-state index contributed by atoms with van der Waals surface area (Å²) in [4.78, 5) is 72.8. The van der Waals surface area contributed by atoms with Gasteiger partial charge < -0.3 is 33.8 Å². The van der Waals surface area contributed by atoms with Gasteiger partial charge in [0.05, 0.1) is 26.4 Å². The molecule has 0 aromatic rings. The minimum absolute atomic E-state index is 0.106. The Morgan fingerprint density at radius 3 is 0.776 bits per heavy atom. The molecule has 0 aromatic carbocycles. The standard InChI is InChI=1S/C79H154O17P2/c1-7-10-12-14-16-17-18-19-20-26-29-32-38-44-50-56-62-77(82)90-68-75(96-78(83)63-57-51-45-39-33-30-27-24-22-21-23-25-28-31-37-43-48-54-60-72(6)9-3)70-94-98(87,88)92-66-73(80)65-91-97(85,86)93-69-74(67-89-76(81)61-55-49-41-15-13-11-8-2)95-79(84)64-58-52-46-40-35-34-36-42-47-53-59-71(4)5/h71-75,80H,7-70H2,1-6H3,(H,85,86)(H,87,88)/t72?,73-,74+,75+/m0/s1. The van der Waals surface area contributed by atoms with Crippen LogP contribution in [0.15, 0.2) is 0 Å². The summed E-state index contributed by atoms with van der Waals surface area (Å²) in [7, 11) is -9.91. The highest BCUT2D eigenvalue weighted by Gasteiger charge is 2.30. The number of unbranched alkanes of at least 4 members (excludes halogenated alkanes) is 47. The summed E-state index contributed by atoms with van der Waals surface area (Å²) >= 11 is 0. The van der Waals surface area contributed by atoms with Gasteiger partial charge in [-0.15, -0.1) is 0 Å². The molecule has 0 aliphatic rings. The first kappa shape index (κ1) is 96.1. The van der Waals surface area contributed by atoms with Gasteiger partial charge in [0.1, 0.15) is 19.3 Å². The monoisotopic (exact) mass is 1440 g/mol. The molecule has 0 amide bonds. The molecule has 0 saturated heterocycles. The molecule has 0 fully saturated rings. The van der Waals surface area contributed by atoms with Crippen molar-refractivity contribution in [2.45, 2.75) is 432 Å². The number of aliphatic hydroxyl groups excluding tert-OH is 1. The van der Waals surface area contributed by atoms with Crippen LogP contribution < -0.4 is 0 Å². The average Bonchev–Trinajstić information content (AvgIpc) is 1.01. The quantitative estimate of drug-likeness (QED) is 0.0222. The van der Waals surface area contributed by atoms with Crippen molar-refractivity contribution in [1.82, 2.24) is 0 Å². The van der Waals surface area contributed by atoms with E-state index in [0.717, 1.165) is 115 Å². The molecule has 582 valence electrons. The Hall–Kier alpha value is -1.94. The molecular weight excluding hydrogens is 1280 g/mol. The van der Waals surface area contributed by atoms with Crippen molar-refractivity contribution in [3.05, 3.63) is 0 Å². The molecule has 0 aliphatic carbocycles. The lowest BCUT2D eigenvalue weighted by molar-refractivity contribution is -0.161.